The molecule has 3 aromatic heterocycles. The van der Waals surface area contributed by atoms with Gasteiger partial charge in [0.1, 0.15) is 78.3 Å². The van der Waals surface area contributed by atoms with E-state index in [-0.39, 0.29) is 127 Å². The molecule has 41 nitrogen and oxygen atoms in total. The van der Waals surface area contributed by atoms with Gasteiger partial charge in [-0.2, -0.15) is 0 Å². The van der Waals surface area contributed by atoms with Crippen LogP contribution in [-0.4, -0.2) is 259 Å². The lowest BCUT2D eigenvalue weighted by Crippen LogP contribution is -2.61. The zero-order valence-corrected chi connectivity index (χ0v) is 74.5. The molecule has 14 atom stereocenters. The Morgan fingerprint density at radius 1 is 0.485 bits per heavy atom. The molecule has 0 bridgehead atoms. The average molecular weight is 1810 g/mol. The number of phenolic OH excluding ortho intramolecular Hbond substituents is 1. The molecule has 708 valence electrons. The molecule has 0 aliphatic carbocycles. The molecule has 6 aromatic rings. The fourth-order valence-corrected chi connectivity index (χ4v) is 15.9. The fraction of sp³-hybridized carbons (Fsp3) is 0.539. The molecule has 2 aliphatic heterocycles. The van der Waals surface area contributed by atoms with E-state index < -0.39 is 211 Å². The summed E-state index contributed by atoms with van der Waals surface area (Å²) >= 11 is 0. The number of nitrogens with one attached hydrogen (secondary N) is 15. The van der Waals surface area contributed by atoms with E-state index in [0.29, 0.717) is 42.5 Å². The number of benzene rings is 3. The number of carbonyl (C=O) groups excluding carboxylic acids is 16. The highest BCUT2D eigenvalue weighted by Crippen LogP contribution is 2.26. The number of aliphatic hydroxyl groups is 1. The van der Waals surface area contributed by atoms with Gasteiger partial charge in [0.15, 0.2) is 0 Å². The summed E-state index contributed by atoms with van der Waals surface area (Å²) in [4.78, 5) is 243. The number of rotatable bonds is 53. The Kier molecular flexibility index (Phi) is 40.0. The molecule has 0 saturated carbocycles. The molecular weight excluding hydrogens is 1680 g/mol. The molecule has 8 rings (SSSR count). The average Bonchev–Trinajstić information content (AvgIpc) is 1.76. The Balaban J connectivity index is 0.928. The lowest BCUT2D eigenvalue weighted by atomic mass is 9.96. The summed E-state index contributed by atoms with van der Waals surface area (Å²) in [5, 5.41) is 53.7. The molecule has 2 fully saturated rings. The molecule has 3 aromatic carbocycles. The van der Waals surface area contributed by atoms with Crippen LogP contribution in [0.4, 0.5) is 0 Å². The number of imidazole rings is 1. The summed E-state index contributed by atoms with van der Waals surface area (Å²) in [7, 11) is 0. The minimum Gasteiger partial charge on any atom is -0.508 e. The third kappa shape index (κ3) is 30.7. The van der Waals surface area contributed by atoms with Crippen LogP contribution in [0.5, 0.6) is 5.75 Å². The number of para-hydroxylation sites is 2. The highest BCUT2D eigenvalue weighted by atomic mass is 16.3. The number of hydrogen-bond acceptors (Lipinski definition) is 22. The molecule has 130 heavy (non-hydrogen) atoms. The zero-order valence-electron chi connectivity index (χ0n) is 74.5. The largest absolute Gasteiger partial charge is 0.508 e. The summed E-state index contributed by atoms with van der Waals surface area (Å²) < 4.78 is 0. The predicted octanol–water partition coefficient (Wildman–Crippen LogP) is -2.12. The monoisotopic (exact) mass is 1810 g/mol. The van der Waals surface area contributed by atoms with Crippen molar-refractivity contribution in [3.05, 3.63) is 120 Å². The van der Waals surface area contributed by atoms with E-state index in [1.165, 1.54) is 40.4 Å². The summed E-state index contributed by atoms with van der Waals surface area (Å²) in [5.74, 6) is -14.2. The van der Waals surface area contributed by atoms with Crippen molar-refractivity contribution in [3.63, 3.8) is 0 Å². The van der Waals surface area contributed by atoms with Crippen molar-refractivity contribution in [1.29, 1.82) is 0 Å². The lowest BCUT2D eigenvalue weighted by Gasteiger charge is -2.32. The molecule has 27 N–H and O–H groups in total. The number of nitrogens with two attached hydrogens (primary N) is 5. The number of carbonyl (C=O) groups is 16. The van der Waals surface area contributed by atoms with Gasteiger partial charge in [0.2, 0.25) is 94.5 Å². The molecule has 16 amide bonds. The Labute approximate surface area is 753 Å². The number of nitrogens with zero attached hydrogens (tertiary/aromatic N) is 3. The van der Waals surface area contributed by atoms with Crippen LogP contribution in [0, 0.1) is 17.8 Å². The van der Waals surface area contributed by atoms with E-state index in [1.54, 1.807) is 66.2 Å². The second-order valence-corrected chi connectivity index (χ2v) is 34.1. The van der Waals surface area contributed by atoms with E-state index in [9.17, 15) is 82.1 Å². The van der Waals surface area contributed by atoms with Crippen molar-refractivity contribution < 1.29 is 86.9 Å². The van der Waals surface area contributed by atoms with Crippen LogP contribution >= 0.6 is 0 Å². The van der Waals surface area contributed by atoms with Gasteiger partial charge in [-0.15, -0.1) is 0 Å². The van der Waals surface area contributed by atoms with E-state index in [1.807, 2.05) is 42.5 Å². The highest BCUT2D eigenvalue weighted by molar-refractivity contribution is 6.01. The van der Waals surface area contributed by atoms with Crippen molar-refractivity contribution in [2.45, 2.75) is 242 Å². The molecule has 2 aliphatic rings. The smallest absolute Gasteiger partial charge is 0.245 e. The lowest BCUT2D eigenvalue weighted by molar-refractivity contribution is -0.143. The second-order valence-electron chi connectivity index (χ2n) is 34.1. The van der Waals surface area contributed by atoms with Crippen LogP contribution in [0.25, 0.3) is 21.8 Å². The number of H-pyrrole nitrogens is 3. The minimum atomic E-state index is -1.59. The SMILES string of the molecule is CC[C@H](C)[C@H](NC(=O)[C@@H]1CCCN1C(=O)[C@H](CCC(N)=O)NC(=O)CNC(=O)[C@@H]1CCCN1C(=O)[C@H](CCCCN)NC(=O)[C@H](CC(C)C)NC(=O)[C@H](CCC(N)=O)NC(=O)[C@H](CC(C)C)NC(=O)[C@H](Cc1c[nH]c2ccccc12)NC(=O)[C@H](Cc1c[nH]cn1)NC(=O)[C@@H](N)Cc1c[nH]c2ccccc12)C(=O)N[C@@H](Cc1ccc(O)cc1)C(=O)NC(CCO)C(=O)NCCN. The van der Waals surface area contributed by atoms with Crippen LogP contribution in [0.1, 0.15) is 160 Å². The highest BCUT2D eigenvalue weighted by Gasteiger charge is 2.44. The molecule has 0 spiro atoms. The number of hydrogen-bond donors (Lipinski definition) is 22. The van der Waals surface area contributed by atoms with E-state index in [0.717, 1.165) is 27.4 Å². The summed E-state index contributed by atoms with van der Waals surface area (Å²) in [6.07, 6.45) is 5.99. The third-order valence-electron chi connectivity index (χ3n) is 23.0. The third-order valence-corrected chi connectivity index (χ3v) is 23.0. The fourth-order valence-electron chi connectivity index (χ4n) is 15.9. The summed E-state index contributed by atoms with van der Waals surface area (Å²) in [5.41, 5.74) is 33.0. The molecule has 41 heteroatoms. The number of aromatic amines is 3. The van der Waals surface area contributed by atoms with Gasteiger partial charge in [-0.1, -0.05) is 96.5 Å². The van der Waals surface area contributed by atoms with Crippen LogP contribution in [-0.2, 0) is 102 Å². The van der Waals surface area contributed by atoms with Gasteiger partial charge in [0.05, 0.1) is 24.6 Å². The van der Waals surface area contributed by atoms with Crippen LogP contribution in [0.3, 0.4) is 0 Å². The number of likely N-dealkylation sites (tertiary alicyclic amines) is 2. The molecule has 5 heterocycles. The number of fused-ring (bicyclic) bond motifs is 2. The number of aliphatic hydroxyl groups excluding tert-OH is 1. The number of aromatic hydroxyl groups is 1. The first-order valence-electron chi connectivity index (χ1n) is 44.5. The summed E-state index contributed by atoms with van der Waals surface area (Å²) in [6, 6.07) is 3.01. The summed E-state index contributed by atoms with van der Waals surface area (Å²) in [6.45, 7) is 9.66. The van der Waals surface area contributed by atoms with Crippen LogP contribution in [0.2, 0.25) is 0 Å². The minimum absolute atomic E-state index is 0.000865. The molecule has 0 radical (unpaired) electrons. The van der Waals surface area contributed by atoms with Crippen molar-refractivity contribution in [1.82, 2.24) is 93.5 Å². The molecule has 2 saturated heterocycles. The first kappa shape index (κ1) is 102. The molecular formula is C89H129N23O18. The van der Waals surface area contributed by atoms with Crippen molar-refractivity contribution >= 4 is 116 Å². The molecule has 1 unspecified atom stereocenters. The van der Waals surface area contributed by atoms with Gasteiger partial charge >= 0.3 is 0 Å². The van der Waals surface area contributed by atoms with Gasteiger partial charge in [-0.05, 0) is 149 Å². The Morgan fingerprint density at radius 2 is 0.954 bits per heavy atom. The number of aromatic nitrogens is 4. The predicted molar refractivity (Wildman–Crippen MR) is 480 cm³/mol. The van der Waals surface area contributed by atoms with Crippen molar-refractivity contribution in [3.8, 4) is 5.75 Å². The zero-order chi connectivity index (χ0) is 94.8. The van der Waals surface area contributed by atoms with Crippen molar-refractivity contribution in [2.24, 2.45) is 46.4 Å². The maximum absolute atomic E-state index is 15.1. The van der Waals surface area contributed by atoms with E-state index in [2.05, 4.69) is 83.7 Å². The van der Waals surface area contributed by atoms with Gasteiger partial charge in [0, 0.05) is 105 Å². The maximum atomic E-state index is 15.1. The Hall–Kier alpha value is -12.9. The Bertz CT molecular complexity index is 4870. The van der Waals surface area contributed by atoms with E-state index in [4.69, 9.17) is 28.7 Å². The first-order valence-corrected chi connectivity index (χ1v) is 44.5. The van der Waals surface area contributed by atoms with Gasteiger partial charge in [0.25, 0.3) is 0 Å². The maximum Gasteiger partial charge on any atom is 0.245 e. The van der Waals surface area contributed by atoms with Gasteiger partial charge in [-0.3, -0.25) is 76.7 Å². The van der Waals surface area contributed by atoms with Crippen molar-refractivity contribution in [2.75, 3.05) is 45.9 Å². The second kappa shape index (κ2) is 50.8. The standard InChI is InChI=1S/C89H129N23O18/c1-7-51(6)76(87(128)109-68(40-52-23-25-56(114)26-24-52)82(123)103-63(31-37-113)78(119)96-34-33-91)110-86(127)72-22-15-36-112(72)89(130)65(28-30-74(94)116)101-75(117)47-99-85(126)71-21-14-35-111(71)88(129)64(20-12-13-32-90)104-81(122)67(39-50(4)5)106-79(120)62(27-29-73(93)115)102-80(121)66(38-49(2)3)107-83(124)69(42-54-45-98-61-19-11-9-17-58(54)61)108-84(125)70(43-55-46-95-48-100-55)105-77(118)59(92)41-53-44-97-60-18-10-8-16-57(53)60/h8-11,16-19,23-26,44-46,48-51,59,62-72,76,97-98,113-114H,7,12-15,20-22,27-43,47,90-92H2,1-6H3,(H2,93,115)(H2,94,116)(H,95,100)(H,96,119)(H,99,126)(H,101,117)(H,102,121)(H,103,123)(H,104,122)(H,105,118)(H,106,120)(H,107,124)(H,108,125)(H,109,128)(H,110,127)/t51-,59-,62-,63?,64-,65-,66-,67-,68-,69-,70-,71-,72-,76-/m0/s1. The first-order chi connectivity index (χ1) is 62.1. The quantitative estimate of drug-likeness (QED) is 0.0182. The Morgan fingerprint density at radius 3 is 1.48 bits per heavy atom. The normalized spacial score (nSPS) is 16.5. The number of primary amides is 2. The van der Waals surface area contributed by atoms with Gasteiger partial charge in [-0.25, -0.2) is 4.98 Å². The van der Waals surface area contributed by atoms with Crippen LogP contribution in [0.15, 0.2) is 97.7 Å². The van der Waals surface area contributed by atoms with E-state index >= 15 is 4.79 Å². The number of amides is 16. The number of phenols is 1. The van der Waals surface area contributed by atoms with Crippen LogP contribution < -0.4 is 92.5 Å². The topological polar surface area (TPSA) is 655 Å². The number of unbranched alkanes of at least 4 members (excludes halogenated alkanes) is 1. The van der Waals surface area contributed by atoms with Gasteiger partial charge < -0.3 is 127 Å².